The van der Waals surface area contributed by atoms with Crippen LogP contribution in [0.15, 0.2) is 16.5 Å². The topological polar surface area (TPSA) is 60.2 Å². The van der Waals surface area contributed by atoms with Gasteiger partial charge in [-0.15, -0.1) is 0 Å². The molecule has 0 unspecified atom stereocenters. The van der Waals surface area contributed by atoms with E-state index in [1.165, 1.54) is 0 Å². The second kappa shape index (κ2) is 7.95. The van der Waals surface area contributed by atoms with Crippen molar-refractivity contribution in [3.63, 3.8) is 0 Å². The highest BCUT2D eigenvalue weighted by Gasteiger charge is 2.26. The zero-order chi connectivity index (χ0) is 17.0. The molecular weight excluding hydrogens is 294 g/mol. The number of rotatable bonds is 6. The van der Waals surface area contributed by atoms with Crippen LogP contribution in [0.4, 0.5) is 0 Å². The van der Waals surface area contributed by atoms with Crippen LogP contribution in [0.1, 0.15) is 25.4 Å². The Morgan fingerprint density at radius 2 is 2.22 bits per heavy atom. The summed E-state index contributed by atoms with van der Waals surface area (Å²) in [6, 6.07) is 4.18. The summed E-state index contributed by atoms with van der Waals surface area (Å²) in [6.07, 6.45) is -0.312. The van der Waals surface area contributed by atoms with E-state index in [0.29, 0.717) is 25.7 Å². The first-order valence-corrected chi connectivity index (χ1v) is 8.29. The van der Waals surface area contributed by atoms with Crippen LogP contribution < -0.4 is 0 Å². The molecule has 1 aliphatic rings. The Hall–Kier alpha value is -1.37. The van der Waals surface area contributed by atoms with Gasteiger partial charge >= 0.3 is 0 Å². The number of nitrogens with zero attached hydrogens (tertiary/aromatic N) is 3. The van der Waals surface area contributed by atoms with Crippen molar-refractivity contribution in [2.75, 3.05) is 39.8 Å². The number of carbonyl (C=O) groups is 1. The number of hydrogen-bond acceptors (Lipinski definition) is 5. The first kappa shape index (κ1) is 18.0. The van der Waals surface area contributed by atoms with Crippen molar-refractivity contribution in [1.82, 2.24) is 14.7 Å². The highest BCUT2D eigenvalue weighted by atomic mass is 16.3. The van der Waals surface area contributed by atoms with Crippen molar-refractivity contribution in [3.05, 3.63) is 23.7 Å². The molecule has 1 N–H and O–H groups in total. The van der Waals surface area contributed by atoms with Crippen molar-refractivity contribution in [2.24, 2.45) is 0 Å². The normalized spacial score (nSPS) is 21.3. The molecule has 0 aromatic carbocycles. The van der Waals surface area contributed by atoms with E-state index in [2.05, 4.69) is 16.7 Å². The molecule has 23 heavy (non-hydrogen) atoms. The van der Waals surface area contributed by atoms with Crippen LogP contribution in [0, 0.1) is 6.92 Å². The predicted molar refractivity (Wildman–Crippen MR) is 89.1 cm³/mol. The lowest BCUT2D eigenvalue weighted by Gasteiger charge is -2.40. The molecule has 6 nitrogen and oxygen atoms in total. The van der Waals surface area contributed by atoms with Crippen molar-refractivity contribution in [3.8, 4) is 0 Å². The maximum Gasteiger partial charge on any atom is 0.236 e. The van der Waals surface area contributed by atoms with E-state index < -0.39 is 0 Å². The molecule has 130 valence electrons. The predicted octanol–water partition coefficient (Wildman–Crippen LogP) is 0.933. The Labute approximate surface area is 138 Å². The maximum absolute atomic E-state index is 12.4. The van der Waals surface area contributed by atoms with Crippen LogP contribution in [-0.4, -0.2) is 77.6 Å². The number of amides is 1. The number of likely N-dealkylation sites (N-methyl/N-ethyl adjacent to an activating group) is 1. The SMILES string of the molecule is Cc1ccc(CN(C)C(=O)CN2CCN(C[C@H](C)O)[C@H](C)C2)o1. The molecule has 0 saturated carbocycles. The third-order valence-corrected chi connectivity index (χ3v) is 4.32. The fourth-order valence-corrected chi connectivity index (χ4v) is 3.03. The van der Waals surface area contributed by atoms with Crippen molar-refractivity contribution in [1.29, 1.82) is 0 Å². The van der Waals surface area contributed by atoms with E-state index >= 15 is 0 Å². The number of aliphatic hydroxyl groups excluding tert-OH is 1. The molecule has 0 aliphatic carbocycles. The van der Waals surface area contributed by atoms with E-state index in [9.17, 15) is 9.90 Å². The number of piperazine rings is 1. The minimum absolute atomic E-state index is 0.107. The van der Waals surface area contributed by atoms with Crippen LogP contribution >= 0.6 is 0 Å². The monoisotopic (exact) mass is 323 g/mol. The quantitative estimate of drug-likeness (QED) is 0.844. The summed E-state index contributed by atoms with van der Waals surface area (Å²) in [5, 5.41) is 9.52. The first-order valence-electron chi connectivity index (χ1n) is 8.29. The number of β-amino-alcohol motifs (C(OH)–C–C–N with tert-alkyl or cyclic N) is 1. The molecule has 1 aromatic rings. The van der Waals surface area contributed by atoms with Gasteiger partial charge in [-0.05, 0) is 32.9 Å². The average Bonchev–Trinajstić information content (AvgIpc) is 2.86. The summed E-state index contributed by atoms with van der Waals surface area (Å²) >= 11 is 0. The molecule has 0 bridgehead atoms. The van der Waals surface area contributed by atoms with Crippen LogP contribution in [0.5, 0.6) is 0 Å². The van der Waals surface area contributed by atoms with Gasteiger partial charge in [-0.2, -0.15) is 0 Å². The number of hydrogen-bond donors (Lipinski definition) is 1. The van der Waals surface area contributed by atoms with Gasteiger partial charge in [-0.25, -0.2) is 0 Å². The molecule has 2 rings (SSSR count). The Balaban J connectivity index is 1.79. The molecule has 6 heteroatoms. The molecule has 2 atom stereocenters. The Kier molecular flexibility index (Phi) is 6.21. The summed E-state index contributed by atoms with van der Waals surface area (Å²) in [5.41, 5.74) is 0. The summed E-state index contributed by atoms with van der Waals surface area (Å²) < 4.78 is 5.52. The summed E-state index contributed by atoms with van der Waals surface area (Å²) in [7, 11) is 1.81. The standard InChI is InChI=1S/C17H29N3O3/c1-13-9-19(7-8-20(13)10-14(2)21)12-17(22)18(4)11-16-6-5-15(3)23-16/h5-6,13-14,21H,7-12H2,1-4H3/t13-,14+/m1/s1. The lowest BCUT2D eigenvalue weighted by molar-refractivity contribution is -0.132. The molecule has 2 heterocycles. The minimum Gasteiger partial charge on any atom is -0.464 e. The zero-order valence-electron chi connectivity index (χ0n) is 14.7. The average molecular weight is 323 g/mol. The highest BCUT2D eigenvalue weighted by molar-refractivity contribution is 5.77. The number of furan rings is 1. The fourth-order valence-electron chi connectivity index (χ4n) is 3.03. The Bertz CT molecular complexity index is 515. The molecule has 1 fully saturated rings. The Morgan fingerprint density at radius 3 is 2.78 bits per heavy atom. The molecular formula is C17H29N3O3. The van der Waals surface area contributed by atoms with Crippen molar-refractivity contribution in [2.45, 2.75) is 39.5 Å². The first-order chi connectivity index (χ1) is 10.8. The molecule has 1 amide bonds. The van der Waals surface area contributed by atoms with Crippen molar-refractivity contribution < 1.29 is 14.3 Å². The van der Waals surface area contributed by atoms with Gasteiger partial charge in [0.2, 0.25) is 5.91 Å². The van der Waals surface area contributed by atoms with E-state index in [4.69, 9.17) is 4.42 Å². The van der Waals surface area contributed by atoms with Gasteiger partial charge in [0.25, 0.3) is 0 Å². The van der Waals surface area contributed by atoms with E-state index in [-0.39, 0.29) is 12.0 Å². The minimum atomic E-state index is -0.312. The lowest BCUT2D eigenvalue weighted by atomic mass is 10.1. The summed E-state index contributed by atoms with van der Waals surface area (Å²) in [5.74, 6) is 1.78. The zero-order valence-corrected chi connectivity index (χ0v) is 14.7. The number of aryl methyl sites for hydroxylation is 1. The van der Waals surface area contributed by atoms with Crippen molar-refractivity contribution >= 4 is 5.91 Å². The van der Waals surface area contributed by atoms with E-state index in [1.54, 1.807) is 4.90 Å². The van der Waals surface area contributed by atoms with Crippen LogP contribution in [0.25, 0.3) is 0 Å². The number of carbonyl (C=O) groups excluding carboxylic acids is 1. The van der Waals surface area contributed by atoms with E-state index in [1.807, 2.05) is 33.0 Å². The molecule has 1 saturated heterocycles. The smallest absolute Gasteiger partial charge is 0.236 e. The second-order valence-corrected chi connectivity index (χ2v) is 6.69. The molecule has 0 spiro atoms. The third-order valence-electron chi connectivity index (χ3n) is 4.32. The van der Waals surface area contributed by atoms with Gasteiger partial charge < -0.3 is 14.4 Å². The number of aliphatic hydroxyl groups is 1. The van der Waals surface area contributed by atoms with Gasteiger partial charge in [-0.3, -0.25) is 14.6 Å². The molecule has 1 aliphatic heterocycles. The van der Waals surface area contributed by atoms with Crippen LogP contribution in [0.2, 0.25) is 0 Å². The van der Waals surface area contributed by atoms with Gasteiger partial charge in [0, 0.05) is 39.3 Å². The van der Waals surface area contributed by atoms with Gasteiger partial charge in [-0.1, -0.05) is 0 Å². The van der Waals surface area contributed by atoms with Gasteiger partial charge in [0.15, 0.2) is 0 Å². The largest absolute Gasteiger partial charge is 0.464 e. The maximum atomic E-state index is 12.4. The van der Waals surface area contributed by atoms with Crippen LogP contribution in [-0.2, 0) is 11.3 Å². The lowest BCUT2D eigenvalue weighted by Crippen LogP contribution is -2.55. The highest BCUT2D eigenvalue weighted by Crippen LogP contribution is 2.12. The summed E-state index contributed by atoms with van der Waals surface area (Å²) in [4.78, 5) is 18.6. The van der Waals surface area contributed by atoms with Gasteiger partial charge in [0.1, 0.15) is 11.5 Å². The van der Waals surface area contributed by atoms with Crippen LogP contribution in [0.3, 0.4) is 0 Å². The fraction of sp³-hybridized carbons (Fsp3) is 0.706. The molecule has 0 radical (unpaired) electrons. The second-order valence-electron chi connectivity index (χ2n) is 6.69. The van der Waals surface area contributed by atoms with Gasteiger partial charge in [0.05, 0.1) is 19.2 Å². The summed E-state index contributed by atoms with van der Waals surface area (Å²) in [6.45, 7) is 10.1. The van der Waals surface area contributed by atoms with E-state index in [0.717, 1.165) is 31.2 Å². The Morgan fingerprint density at radius 1 is 1.48 bits per heavy atom. The molecule has 1 aromatic heterocycles. The third kappa shape index (κ3) is 5.34.